The molecule has 0 aliphatic heterocycles. The summed E-state index contributed by atoms with van der Waals surface area (Å²) in [7, 11) is 0. The van der Waals surface area contributed by atoms with Gasteiger partial charge in [-0.25, -0.2) is 13.5 Å². The number of nitrogens with two attached hydrogens (primary N) is 1. The van der Waals surface area contributed by atoms with E-state index >= 15 is 0 Å². The predicted octanol–water partition coefficient (Wildman–Crippen LogP) is 3.40. The highest BCUT2D eigenvalue weighted by atomic mass is 19.1. The molecule has 0 spiro atoms. The Labute approximate surface area is 114 Å². The van der Waals surface area contributed by atoms with E-state index in [9.17, 15) is 8.78 Å². The SMILES string of the molecule is Nc1cn(-c2ccccc2F)nc1-c1ccc(F)cc1. The van der Waals surface area contributed by atoms with Crippen molar-refractivity contribution < 1.29 is 8.78 Å². The Morgan fingerprint density at radius 1 is 0.950 bits per heavy atom. The number of para-hydroxylation sites is 1. The minimum Gasteiger partial charge on any atom is -0.396 e. The van der Waals surface area contributed by atoms with E-state index in [-0.39, 0.29) is 11.6 Å². The molecule has 2 N–H and O–H groups in total. The predicted molar refractivity (Wildman–Crippen MR) is 73.3 cm³/mol. The molecule has 0 radical (unpaired) electrons. The van der Waals surface area contributed by atoms with Gasteiger partial charge in [-0.3, -0.25) is 0 Å². The van der Waals surface area contributed by atoms with E-state index in [1.807, 2.05) is 0 Å². The van der Waals surface area contributed by atoms with Crippen LogP contribution in [0.3, 0.4) is 0 Å². The van der Waals surface area contributed by atoms with Gasteiger partial charge >= 0.3 is 0 Å². The molecule has 100 valence electrons. The highest BCUT2D eigenvalue weighted by Gasteiger charge is 2.11. The molecule has 3 aromatic rings. The van der Waals surface area contributed by atoms with Crippen molar-refractivity contribution in [2.75, 3.05) is 5.73 Å². The molecule has 1 aromatic heterocycles. The maximum atomic E-state index is 13.7. The summed E-state index contributed by atoms with van der Waals surface area (Å²) in [6.45, 7) is 0. The molecule has 3 nitrogen and oxygen atoms in total. The van der Waals surface area contributed by atoms with Gasteiger partial charge in [-0.15, -0.1) is 0 Å². The maximum absolute atomic E-state index is 13.7. The van der Waals surface area contributed by atoms with Crippen molar-refractivity contribution in [1.82, 2.24) is 9.78 Å². The first kappa shape index (κ1) is 12.3. The number of halogens is 2. The number of nitrogen functional groups attached to an aromatic ring is 1. The number of anilines is 1. The Balaban J connectivity index is 2.08. The summed E-state index contributed by atoms with van der Waals surface area (Å²) >= 11 is 0. The second-order valence-electron chi connectivity index (χ2n) is 4.34. The van der Waals surface area contributed by atoms with Crippen LogP contribution in [0.25, 0.3) is 16.9 Å². The lowest BCUT2D eigenvalue weighted by Crippen LogP contribution is -1.98. The van der Waals surface area contributed by atoms with Gasteiger partial charge in [0.2, 0.25) is 0 Å². The highest BCUT2D eigenvalue weighted by molar-refractivity contribution is 5.72. The molecule has 0 saturated carbocycles. The Kier molecular flexibility index (Phi) is 2.95. The molecule has 3 rings (SSSR count). The van der Waals surface area contributed by atoms with Gasteiger partial charge in [0, 0.05) is 5.56 Å². The van der Waals surface area contributed by atoms with Gasteiger partial charge in [-0.05, 0) is 36.4 Å². The molecule has 0 fully saturated rings. The number of rotatable bonds is 2. The summed E-state index contributed by atoms with van der Waals surface area (Å²) in [5.41, 5.74) is 7.79. The Bertz CT molecular complexity index is 748. The minimum absolute atomic E-state index is 0.313. The molecule has 0 aliphatic rings. The lowest BCUT2D eigenvalue weighted by Gasteiger charge is -2.02. The third-order valence-electron chi connectivity index (χ3n) is 2.96. The van der Waals surface area contributed by atoms with E-state index in [4.69, 9.17) is 5.73 Å². The Morgan fingerprint density at radius 2 is 1.65 bits per heavy atom. The minimum atomic E-state index is -0.388. The van der Waals surface area contributed by atoms with Crippen molar-refractivity contribution >= 4 is 5.69 Å². The van der Waals surface area contributed by atoms with Gasteiger partial charge in [0.15, 0.2) is 0 Å². The van der Waals surface area contributed by atoms with Crippen LogP contribution in [-0.2, 0) is 0 Å². The topological polar surface area (TPSA) is 43.8 Å². The summed E-state index contributed by atoms with van der Waals surface area (Å²) in [4.78, 5) is 0. The molecule has 20 heavy (non-hydrogen) atoms. The van der Waals surface area contributed by atoms with Crippen molar-refractivity contribution in [1.29, 1.82) is 0 Å². The van der Waals surface area contributed by atoms with Gasteiger partial charge in [0.25, 0.3) is 0 Å². The van der Waals surface area contributed by atoms with Crippen LogP contribution in [0, 0.1) is 11.6 Å². The summed E-state index contributed by atoms with van der Waals surface area (Å²) in [6.07, 6.45) is 1.54. The average molecular weight is 271 g/mol. The van der Waals surface area contributed by atoms with Crippen LogP contribution in [0.2, 0.25) is 0 Å². The van der Waals surface area contributed by atoms with Crippen molar-refractivity contribution in [2.45, 2.75) is 0 Å². The Hall–Kier alpha value is -2.69. The summed E-state index contributed by atoms with van der Waals surface area (Å²) in [5, 5.41) is 4.27. The highest BCUT2D eigenvalue weighted by Crippen LogP contribution is 2.26. The first-order chi connectivity index (χ1) is 9.65. The fourth-order valence-corrected chi connectivity index (χ4v) is 1.98. The van der Waals surface area contributed by atoms with Gasteiger partial charge in [-0.2, -0.15) is 5.10 Å². The quantitative estimate of drug-likeness (QED) is 0.776. The van der Waals surface area contributed by atoms with Crippen LogP contribution in [-0.4, -0.2) is 9.78 Å². The van der Waals surface area contributed by atoms with Crippen LogP contribution >= 0.6 is 0 Å². The van der Waals surface area contributed by atoms with E-state index in [0.29, 0.717) is 22.6 Å². The van der Waals surface area contributed by atoms with E-state index in [1.54, 1.807) is 30.3 Å². The van der Waals surface area contributed by atoms with E-state index in [1.165, 1.54) is 29.1 Å². The third kappa shape index (κ3) is 2.14. The molecule has 0 unspecified atom stereocenters. The first-order valence-electron chi connectivity index (χ1n) is 6.01. The molecule has 0 saturated heterocycles. The molecular weight excluding hydrogens is 260 g/mol. The molecule has 2 aromatic carbocycles. The number of aromatic nitrogens is 2. The van der Waals surface area contributed by atoms with Gasteiger partial charge in [0.1, 0.15) is 23.0 Å². The zero-order valence-electron chi connectivity index (χ0n) is 10.4. The zero-order chi connectivity index (χ0) is 14.1. The van der Waals surface area contributed by atoms with Crippen molar-refractivity contribution in [3.63, 3.8) is 0 Å². The standard InChI is InChI=1S/C15H11F2N3/c16-11-7-5-10(6-8-11)15-13(18)9-20(19-15)14-4-2-1-3-12(14)17/h1-9H,18H2. The summed E-state index contributed by atoms with van der Waals surface area (Å²) in [5.74, 6) is -0.721. The van der Waals surface area contributed by atoms with Crippen LogP contribution in [0.5, 0.6) is 0 Å². The van der Waals surface area contributed by atoms with Crippen LogP contribution in [0.4, 0.5) is 14.5 Å². The second-order valence-corrected chi connectivity index (χ2v) is 4.34. The zero-order valence-corrected chi connectivity index (χ0v) is 10.4. The fraction of sp³-hybridized carbons (Fsp3) is 0. The largest absolute Gasteiger partial charge is 0.396 e. The van der Waals surface area contributed by atoms with E-state index in [2.05, 4.69) is 5.10 Å². The van der Waals surface area contributed by atoms with Gasteiger partial charge in [0.05, 0.1) is 11.9 Å². The van der Waals surface area contributed by atoms with Crippen LogP contribution < -0.4 is 5.73 Å². The normalized spacial score (nSPS) is 10.7. The smallest absolute Gasteiger partial charge is 0.148 e. The fourth-order valence-electron chi connectivity index (χ4n) is 1.98. The molecule has 0 atom stereocenters. The van der Waals surface area contributed by atoms with Gasteiger partial charge in [-0.1, -0.05) is 12.1 Å². The lowest BCUT2D eigenvalue weighted by atomic mass is 10.1. The van der Waals surface area contributed by atoms with Crippen molar-refractivity contribution in [2.24, 2.45) is 0 Å². The lowest BCUT2D eigenvalue weighted by molar-refractivity contribution is 0.611. The third-order valence-corrected chi connectivity index (χ3v) is 2.96. The average Bonchev–Trinajstić information content (AvgIpc) is 2.82. The van der Waals surface area contributed by atoms with Gasteiger partial charge < -0.3 is 5.73 Å². The maximum Gasteiger partial charge on any atom is 0.148 e. The number of benzene rings is 2. The summed E-state index contributed by atoms with van der Waals surface area (Å²) < 4.78 is 28.0. The molecule has 5 heteroatoms. The number of hydrogen-bond acceptors (Lipinski definition) is 2. The first-order valence-corrected chi connectivity index (χ1v) is 6.01. The monoisotopic (exact) mass is 271 g/mol. The van der Waals surface area contributed by atoms with E-state index < -0.39 is 0 Å². The molecule has 0 bridgehead atoms. The van der Waals surface area contributed by atoms with Crippen LogP contribution in [0.1, 0.15) is 0 Å². The van der Waals surface area contributed by atoms with E-state index in [0.717, 1.165) is 0 Å². The molecule has 0 aliphatic carbocycles. The van der Waals surface area contributed by atoms with Crippen molar-refractivity contribution in [3.05, 3.63) is 66.4 Å². The molecule has 0 amide bonds. The molecular formula is C15H11F2N3. The van der Waals surface area contributed by atoms with Crippen molar-refractivity contribution in [3.8, 4) is 16.9 Å². The molecule has 1 heterocycles. The number of hydrogen-bond donors (Lipinski definition) is 1. The number of nitrogens with zero attached hydrogens (tertiary/aromatic N) is 2. The Morgan fingerprint density at radius 3 is 2.35 bits per heavy atom. The van der Waals surface area contributed by atoms with Crippen LogP contribution in [0.15, 0.2) is 54.7 Å². The summed E-state index contributed by atoms with van der Waals surface area (Å²) in [6, 6.07) is 12.1. The second kappa shape index (κ2) is 4.77.